The predicted molar refractivity (Wildman–Crippen MR) is 75.5 cm³/mol. The first-order valence-electron chi connectivity index (χ1n) is 5.43. The van der Waals surface area contributed by atoms with Crippen LogP contribution in [0, 0.1) is 0 Å². The molecule has 2 aromatic heterocycles. The van der Waals surface area contributed by atoms with Crippen molar-refractivity contribution in [3.8, 4) is 10.6 Å². The largest absolute Gasteiger partial charge is 0.323 e. The van der Waals surface area contributed by atoms with Crippen LogP contribution in [0.25, 0.3) is 20.7 Å². The van der Waals surface area contributed by atoms with Crippen LogP contribution in [0.15, 0.2) is 35.0 Å². The van der Waals surface area contributed by atoms with Crippen molar-refractivity contribution in [2.24, 2.45) is 5.73 Å². The van der Waals surface area contributed by atoms with Gasteiger partial charge in [-0.05, 0) is 13.0 Å². The van der Waals surface area contributed by atoms with Crippen molar-refractivity contribution in [2.45, 2.75) is 13.0 Å². The molecule has 3 aromatic rings. The second-order valence-corrected chi connectivity index (χ2v) is 5.78. The molecule has 2 heterocycles. The number of benzene rings is 1. The fourth-order valence-electron chi connectivity index (χ4n) is 1.76. The number of aromatic nitrogens is 1. The minimum absolute atomic E-state index is 0.00454. The van der Waals surface area contributed by atoms with Gasteiger partial charge < -0.3 is 5.73 Å². The van der Waals surface area contributed by atoms with Crippen molar-refractivity contribution in [2.75, 3.05) is 0 Å². The Morgan fingerprint density at radius 2 is 2.00 bits per heavy atom. The van der Waals surface area contributed by atoms with E-state index in [-0.39, 0.29) is 6.04 Å². The van der Waals surface area contributed by atoms with Gasteiger partial charge in [-0.25, -0.2) is 4.98 Å². The molecule has 86 valence electrons. The van der Waals surface area contributed by atoms with Crippen molar-refractivity contribution < 1.29 is 0 Å². The number of rotatable bonds is 2. The Bertz CT molecular complexity index is 652. The molecule has 0 aliphatic rings. The molecule has 2 N–H and O–H groups in total. The van der Waals surface area contributed by atoms with Gasteiger partial charge in [0.2, 0.25) is 0 Å². The maximum Gasteiger partial charge on any atom is 0.125 e. The quantitative estimate of drug-likeness (QED) is 0.755. The minimum Gasteiger partial charge on any atom is -0.323 e. The minimum atomic E-state index is 0.00454. The summed E-state index contributed by atoms with van der Waals surface area (Å²) in [5, 5.41) is 6.57. The van der Waals surface area contributed by atoms with Gasteiger partial charge in [-0.1, -0.05) is 18.2 Å². The highest BCUT2D eigenvalue weighted by Gasteiger charge is 2.11. The number of hydrogen-bond acceptors (Lipinski definition) is 4. The molecule has 0 aliphatic heterocycles. The van der Waals surface area contributed by atoms with E-state index in [0.29, 0.717) is 0 Å². The Morgan fingerprint density at radius 1 is 1.18 bits per heavy atom. The zero-order valence-electron chi connectivity index (χ0n) is 9.38. The number of thiazole rings is 1. The molecule has 0 radical (unpaired) electrons. The summed E-state index contributed by atoms with van der Waals surface area (Å²) in [7, 11) is 0. The number of thiophene rings is 1. The van der Waals surface area contributed by atoms with Gasteiger partial charge in [-0.15, -0.1) is 22.7 Å². The predicted octanol–water partition coefficient (Wildman–Crippen LogP) is 4.04. The molecule has 0 bridgehead atoms. The second kappa shape index (κ2) is 4.22. The third-order valence-corrected chi connectivity index (χ3v) is 4.56. The molecule has 2 nitrogen and oxygen atoms in total. The lowest BCUT2D eigenvalue weighted by Gasteiger charge is -1.97. The highest BCUT2D eigenvalue weighted by atomic mass is 32.1. The molecule has 0 spiro atoms. The normalized spacial score (nSPS) is 13.1. The van der Waals surface area contributed by atoms with E-state index in [2.05, 4.69) is 34.6 Å². The first-order chi connectivity index (χ1) is 8.25. The van der Waals surface area contributed by atoms with Crippen LogP contribution in [0.4, 0.5) is 0 Å². The van der Waals surface area contributed by atoms with Crippen molar-refractivity contribution in [3.05, 3.63) is 40.7 Å². The molecule has 0 fully saturated rings. The lowest BCUT2D eigenvalue weighted by atomic mass is 10.2. The topological polar surface area (TPSA) is 38.9 Å². The Balaban J connectivity index is 2.14. The summed E-state index contributed by atoms with van der Waals surface area (Å²) >= 11 is 3.43. The second-order valence-electron chi connectivity index (χ2n) is 4.01. The van der Waals surface area contributed by atoms with Crippen molar-refractivity contribution in [1.82, 2.24) is 4.98 Å². The summed E-state index contributed by atoms with van der Waals surface area (Å²) < 4.78 is 1.31. The Labute approximate surface area is 108 Å². The summed E-state index contributed by atoms with van der Waals surface area (Å²) in [5.41, 5.74) is 8.04. The van der Waals surface area contributed by atoms with E-state index in [9.17, 15) is 0 Å². The number of hydrogen-bond donors (Lipinski definition) is 1. The molecule has 1 unspecified atom stereocenters. The van der Waals surface area contributed by atoms with Gasteiger partial charge in [0.05, 0.1) is 5.69 Å². The fraction of sp³-hybridized carbons (Fsp3) is 0.154. The van der Waals surface area contributed by atoms with E-state index >= 15 is 0 Å². The summed E-state index contributed by atoms with van der Waals surface area (Å²) in [4.78, 5) is 4.60. The van der Waals surface area contributed by atoms with Crippen LogP contribution in [0.2, 0.25) is 0 Å². The zero-order valence-corrected chi connectivity index (χ0v) is 11.0. The average Bonchev–Trinajstić information content (AvgIpc) is 2.95. The van der Waals surface area contributed by atoms with Gasteiger partial charge in [0.1, 0.15) is 5.01 Å². The number of fused-ring (bicyclic) bond motifs is 1. The molecule has 3 rings (SSSR count). The van der Waals surface area contributed by atoms with Crippen LogP contribution in [-0.2, 0) is 0 Å². The fourth-order valence-corrected chi connectivity index (χ4v) is 3.74. The molecule has 1 atom stereocenters. The van der Waals surface area contributed by atoms with Gasteiger partial charge in [-0.3, -0.25) is 0 Å². The molecule has 0 saturated carbocycles. The van der Waals surface area contributed by atoms with Crippen molar-refractivity contribution >= 4 is 32.8 Å². The smallest absolute Gasteiger partial charge is 0.125 e. The SMILES string of the molecule is CC(N)c1csc(-c2csc3ccccc23)n1. The number of nitrogens with zero attached hydrogens (tertiary/aromatic N) is 1. The molecule has 0 amide bonds. The lowest BCUT2D eigenvalue weighted by Crippen LogP contribution is -2.04. The molecular weight excluding hydrogens is 248 g/mol. The van der Waals surface area contributed by atoms with E-state index in [0.717, 1.165) is 10.7 Å². The Morgan fingerprint density at radius 3 is 2.76 bits per heavy atom. The molecule has 17 heavy (non-hydrogen) atoms. The zero-order chi connectivity index (χ0) is 11.8. The van der Waals surface area contributed by atoms with Crippen molar-refractivity contribution in [3.63, 3.8) is 0 Å². The molecule has 0 aliphatic carbocycles. The summed E-state index contributed by atoms with van der Waals surface area (Å²) in [6, 6.07) is 8.43. The molecule has 1 aromatic carbocycles. The Kier molecular flexibility index (Phi) is 2.70. The lowest BCUT2D eigenvalue weighted by molar-refractivity contribution is 0.790. The first kappa shape index (κ1) is 10.9. The maximum atomic E-state index is 5.84. The van der Waals surface area contributed by atoms with Crippen LogP contribution in [0.5, 0.6) is 0 Å². The standard InChI is InChI=1S/C13H12N2S2/c1-8(14)11-7-17-13(15-11)10-6-16-12-5-3-2-4-9(10)12/h2-8H,14H2,1H3. The van der Waals surface area contributed by atoms with Gasteiger partial charge >= 0.3 is 0 Å². The van der Waals surface area contributed by atoms with Crippen LogP contribution in [0.1, 0.15) is 18.7 Å². The monoisotopic (exact) mass is 260 g/mol. The third-order valence-electron chi connectivity index (χ3n) is 2.70. The summed E-state index contributed by atoms with van der Waals surface area (Å²) in [5.74, 6) is 0. The highest BCUT2D eigenvalue weighted by molar-refractivity contribution is 7.18. The van der Waals surface area contributed by atoms with Crippen molar-refractivity contribution in [1.29, 1.82) is 0 Å². The van der Waals surface area contributed by atoms with E-state index in [1.807, 2.05) is 12.3 Å². The van der Waals surface area contributed by atoms with E-state index < -0.39 is 0 Å². The first-order valence-corrected chi connectivity index (χ1v) is 7.19. The van der Waals surface area contributed by atoms with E-state index in [4.69, 9.17) is 5.73 Å². The van der Waals surface area contributed by atoms with Gasteiger partial charge in [0, 0.05) is 32.5 Å². The van der Waals surface area contributed by atoms with Gasteiger partial charge in [0.15, 0.2) is 0 Å². The summed E-state index contributed by atoms with van der Waals surface area (Å²) in [6.07, 6.45) is 0. The van der Waals surface area contributed by atoms with Gasteiger partial charge in [-0.2, -0.15) is 0 Å². The van der Waals surface area contributed by atoms with Gasteiger partial charge in [0.25, 0.3) is 0 Å². The van der Waals surface area contributed by atoms with Crippen LogP contribution < -0.4 is 5.73 Å². The average molecular weight is 260 g/mol. The Hall–Kier alpha value is -1.23. The highest BCUT2D eigenvalue weighted by Crippen LogP contribution is 2.35. The van der Waals surface area contributed by atoms with E-state index in [1.54, 1.807) is 22.7 Å². The number of nitrogens with two attached hydrogens (primary N) is 1. The molecule has 0 saturated heterocycles. The third kappa shape index (κ3) is 1.88. The summed E-state index contributed by atoms with van der Waals surface area (Å²) in [6.45, 7) is 1.96. The van der Waals surface area contributed by atoms with Crippen LogP contribution >= 0.6 is 22.7 Å². The molecule has 4 heteroatoms. The van der Waals surface area contributed by atoms with Crippen LogP contribution in [-0.4, -0.2) is 4.98 Å². The van der Waals surface area contributed by atoms with Crippen LogP contribution in [0.3, 0.4) is 0 Å². The van der Waals surface area contributed by atoms with E-state index in [1.165, 1.54) is 15.6 Å². The molecular formula is C13H12N2S2. The maximum absolute atomic E-state index is 5.84.